The molecule has 0 spiro atoms. The Kier molecular flexibility index (Phi) is 5.16. The lowest BCUT2D eigenvalue weighted by Gasteiger charge is -2.19. The highest BCUT2D eigenvalue weighted by Crippen LogP contribution is 2.45. The van der Waals surface area contributed by atoms with Gasteiger partial charge in [0.2, 0.25) is 0 Å². The second-order valence-electron chi connectivity index (χ2n) is 12.7. The number of rotatable bonds is 2. The third-order valence-corrected chi connectivity index (χ3v) is 10.2. The van der Waals surface area contributed by atoms with Crippen molar-refractivity contribution in [2.24, 2.45) is 0 Å². The molecule has 0 saturated heterocycles. The van der Waals surface area contributed by atoms with Crippen LogP contribution in [0.2, 0.25) is 0 Å². The van der Waals surface area contributed by atoms with Crippen molar-refractivity contribution in [3.8, 4) is 23.5 Å². The predicted octanol–water partition coefficient (Wildman–Crippen LogP) is 11.4. The summed E-state index contributed by atoms with van der Waals surface area (Å²) in [7, 11) is 0. The predicted molar refractivity (Wildman–Crippen MR) is 199 cm³/mol. The fraction of sp³-hybridized carbons (Fsp3) is 0. The van der Waals surface area contributed by atoms with Crippen LogP contribution >= 0.6 is 0 Å². The van der Waals surface area contributed by atoms with Crippen molar-refractivity contribution in [2.45, 2.75) is 0 Å². The van der Waals surface area contributed by atoms with Crippen molar-refractivity contribution >= 4 is 87.5 Å². The number of fused-ring (bicyclic) bond motifs is 14. The molecule has 6 heteroatoms. The molecule has 11 aromatic rings. The largest absolute Gasteiger partial charge is 0.454 e. The molecule has 0 aliphatic carbocycles. The molecule has 0 bridgehead atoms. The minimum atomic E-state index is 0.281. The van der Waals surface area contributed by atoms with Crippen LogP contribution < -0.4 is 0 Å². The maximum Gasteiger partial charge on any atom is 0.160 e. The summed E-state index contributed by atoms with van der Waals surface area (Å²) < 4.78 is 17.6. The van der Waals surface area contributed by atoms with E-state index in [4.69, 9.17) is 8.83 Å². The van der Waals surface area contributed by atoms with Crippen LogP contribution in [0.15, 0.2) is 142 Å². The molecule has 0 unspecified atom stereocenters. The molecule has 0 fully saturated rings. The second kappa shape index (κ2) is 9.64. The average Bonchev–Trinajstić information content (AvgIpc) is 3.92. The van der Waals surface area contributed by atoms with Crippen LogP contribution in [0, 0.1) is 22.7 Å². The highest BCUT2D eigenvalue weighted by Gasteiger charge is 2.27. The van der Waals surface area contributed by atoms with Crippen LogP contribution in [0.25, 0.3) is 98.9 Å². The molecule has 0 saturated carbocycles. The van der Waals surface area contributed by atoms with E-state index >= 15 is 0 Å². The highest BCUT2D eigenvalue weighted by molar-refractivity contribution is 6.23. The lowest BCUT2D eigenvalue weighted by molar-refractivity contribution is 0.670. The summed E-state index contributed by atoms with van der Waals surface area (Å²) in [5.74, 6) is 0. The first-order valence-corrected chi connectivity index (χ1v) is 16.4. The Hall–Kier alpha value is -7.28. The Balaban J connectivity index is 1.40. The first-order chi connectivity index (χ1) is 24.7. The number of aromatic nitrogens is 2. The number of hydrogen-bond donors (Lipinski definition) is 0. The molecular weight excluding hydrogens is 617 g/mol. The monoisotopic (exact) mass is 638 g/mol. The average molecular weight is 639 g/mol. The van der Waals surface area contributed by atoms with Crippen LogP contribution in [0.4, 0.5) is 0 Å². The van der Waals surface area contributed by atoms with Gasteiger partial charge in [-0.15, -0.1) is 0 Å². The summed E-state index contributed by atoms with van der Waals surface area (Å²) in [6.45, 7) is 0. The van der Waals surface area contributed by atoms with Gasteiger partial charge in [-0.05, 0) is 48.5 Å². The molecule has 50 heavy (non-hydrogen) atoms. The van der Waals surface area contributed by atoms with Crippen LogP contribution in [-0.2, 0) is 0 Å². The van der Waals surface area contributed by atoms with E-state index in [2.05, 4.69) is 81.9 Å². The van der Waals surface area contributed by atoms with E-state index in [0.717, 1.165) is 93.2 Å². The van der Waals surface area contributed by atoms with Crippen LogP contribution in [0.1, 0.15) is 11.1 Å². The van der Waals surface area contributed by atoms with Gasteiger partial charge in [-0.1, -0.05) is 84.9 Å². The first kappa shape index (κ1) is 26.8. The first-order valence-electron chi connectivity index (χ1n) is 16.4. The topological polar surface area (TPSA) is 83.7 Å². The lowest BCUT2D eigenvalue weighted by Crippen LogP contribution is -2.07. The van der Waals surface area contributed by atoms with Gasteiger partial charge in [-0.2, -0.15) is 10.5 Å². The van der Waals surface area contributed by atoms with Gasteiger partial charge in [0.05, 0.1) is 44.6 Å². The SMILES string of the molecule is N#Cc1ccc(-n2c3ccccc3c3ccc4c5ccccc5oc4c32)c(-n2c3ccccc3c3ccc4c5ccccc5oc4c32)c1C#N. The molecular formula is C44H22N4O2. The summed E-state index contributed by atoms with van der Waals surface area (Å²) in [4.78, 5) is 0. The van der Waals surface area contributed by atoms with E-state index < -0.39 is 0 Å². The van der Waals surface area contributed by atoms with Gasteiger partial charge >= 0.3 is 0 Å². The van der Waals surface area contributed by atoms with Crippen molar-refractivity contribution in [3.05, 3.63) is 145 Å². The maximum atomic E-state index is 11.0. The lowest BCUT2D eigenvalue weighted by atomic mass is 10.0. The Morgan fingerprint density at radius 2 is 0.900 bits per heavy atom. The number of nitrogens with zero attached hydrogens (tertiary/aromatic N) is 4. The molecule has 0 aliphatic heterocycles. The third kappa shape index (κ3) is 3.29. The summed E-state index contributed by atoms with van der Waals surface area (Å²) in [5.41, 5.74) is 8.58. The fourth-order valence-electron chi connectivity index (χ4n) is 8.14. The maximum absolute atomic E-state index is 11.0. The molecule has 0 aliphatic rings. The van der Waals surface area contributed by atoms with Crippen molar-refractivity contribution in [2.75, 3.05) is 0 Å². The summed E-state index contributed by atoms with van der Waals surface area (Å²) in [6.07, 6.45) is 0. The van der Waals surface area contributed by atoms with Crippen LogP contribution in [-0.4, -0.2) is 9.13 Å². The fourth-order valence-corrected chi connectivity index (χ4v) is 8.14. The van der Waals surface area contributed by atoms with Crippen molar-refractivity contribution in [1.29, 1.82) is 10.5 Å². The van der Waals surface area contributed by atoms with Gasteiger partial charge in [0.1, 0.15) is 23.3 Å². The molecule has 0 atom stereocenters. The van der Waals surface area contributed by atoms with Crippen molar-refractivity contribution in [1.82, 2.24) is 9.13 Å². The van der Waals surface area contributed by atoms with Gasteiger partial charge in [0.25, 0.3) is 0 Å². The number of para-hydroxylation sites is 4. The smallest absolute Gasteiger partial charge is 0.160 e. The van der Waals surface area contributed by atoms with E-state index in [1.165, 1.54) is 0 Å². The molecule has 230 valence electrons. The van der Waals surface area contributed by atoms with E-state index in [9.17, 15) is 10.5 Å². The molecule has 0 radical (unpaired) electrons. The molecule has 7 aromatic carbocycles. The standard InChI is InChI=1S/C44H22N4O2/c45-23-25-17-22-37(47-35-13-5-1-9-26(35)30-18-20-32-28-11-3-7-15-38(28)49-43(32)41(30)47)40(34(25)24-46)48-36-14-6-2-10-27(36)31-19-21-33-29-12-4-8-16-39(29)50-44(33)42(31)48/h1-22H. The molecule has 0 amide bonds. The van der Waals surface area contributed by atoms with E-state index in [1.807, 2.05) is 66.7 Å². The minimum Gasteiger partial charge on any atom is -0.454 e. The summed E-state index contributed by atoms with van der Waals surface area (Å²) in [6, 6.07) is 49.6. The normalized spacial score (nSPS) is 12.0. The molecule has 4 heterocycles. The zero-order valence-electron chi connectivity index (χ0n) is 26.3. The van der Waals surface area contributed by atoms with Gasteiger partial charge < -0.3 is 18.0 Å². The Morgan fingerprint density at radius 3 is 1.46 bits per heavy atom. The van der Waals surface area contributed by atoms with E-state index in [-0.39, 0.29) is 5.56 Å². The van der Waals surface area contributed by atoms with Gasteiger partial charge in [0, 0.05) is 43.1 Å². The highest BCUT2D eigenvalue weighted by atomic mass is 16.3. The Labute approximate surface area is 283 Å². The second-order valence-corrected chi connectivity index (χ2v) is 12.7. The Bertz CT molecular complexity index is 3360. The summed E-state index contributed by atoms with van der Waals surface area (Å²) in [5, 5.41) is 29.5. The summed E-state index contributed by atoms with van der Waals surface area (Å²) >= 11 is 0. The van der Waals surface area contributed by atoms with Crippen molar-refractivity contribution < 1.29 is 8.83 Å². The molecule has 11 rings (SSSR count). The number of benzene rings is 7. The van der Waals surface area contributed by atoms with Crippen LogP contribution in [0.3, 0.4) is 0 Å². The molecule has 0 N–H and O–H groups in total. The number of furan rings is 2. The zero-order chi connectivity index (χ0) is 33.1. The van der Waals surface area contributed by atoms with E-state index in [0.29, 0.717) is 11.3 Å². The third-order valence-electron chi connectivity index (χ3n) is 10.2. The molecule has 6 nitrogen and oxygen atoms in total. The molecule has 4 aromatic heterocycles. The quantitative estimate of drug-likeness (QED) is 0.189. The minimum absolute atomic E-state index is 0.281. The van der Waals surface area contributed by atoms with Crippen LogP contribution in [0.5, 0.6) is 0 Å². The van der Waals surface area contributed by atoms with Gasteiger partial charge in [-0.3, -0.25) is 0 Å². The number of nitriles is 2. The Morgan fingerprint density at radius 1 is 0.420 bits per heavy atom. The zero-order valence-corrected chi connectivity index (χ0v) is 26.3. The van der Waals surface area contributed by atoms with Crippen molar-refractivity contribution in [3.63, 3.8) is 0 Å². The van der Waals surface area contributed by atoms with Gasteiger partial charge in [-0.25, -0.2) is 0 Å². The number of hydrogen-bond acceptors (Lipinski definition) is 4. The van der Waals surface area contributed by atoms with Gasteiger partial charge in [0.15, 0.2) is 11.2 Å². The van der Waals surface area contributed by atoms with E-state index in [1.54, 1.807) is 6.07 Å².